The molecule has 1 saturated heterocycles. The van der Waals surface area contributed by atoms with Gasteiger partial charge in [-0.2, -0.15) is 0 Å². The Hall–Kier alpha value is -1.14. The zero-order valence-corrected chi connectivity index (χ0v) is 10.7. The molecule has 2 amide bonds. The molecule has 6 nitrogen and oxygen atoms in total. The maximum atomic E-state index is 11.9. The third-order valence-electron chi connectivity index (χ3n) is 2.56. The van der Waals surface area contributed by atoms with Crippen LogP contribution in [0.4, 0.5) is 0 Å². The molecule has 0 aliphatic carbocycles. The van der Waals surface area contributed by atoms with Crippen LogP contribution in [0.1, 0.15) is 13.8 Å². The van der Waals surface area contributed by atoms with E-state index in [0.717, 1.165) is 0 Å². The maximum Gasteiger partial charge on any atom is 0.312 e. The van der Waals surface area contributed by atoms with Crippen molar-refractivity contribution < 1.29 is 14.7 Å². The van der Waals surface area contributed by atoms with Gasteiger partial charge in [-0.1, -0.05) is 0 Å². The van der Waals surface area contributed by atoms with E-state index in [1.54, 1.807) is 18.7 Å². The van der Waals surface area contributed by atoms with Gasteiger partial charge < -0.3 is 20.2 Å². The van der Waals surface area contributed by atoms with Gasteiger partial charge in [0.25, 0.3) is 0 Å². The lowest BCUT2D eigenvalue weighted by Gasteiger charge is -2.30. The molecule has 1 aliphatic rings. The van der Waals surface area contributed by atoms with E-state index in [1.165, 1.54) is 11.9 Å². The van der Waals surface area contributed by atoms with Crippen LogP contribution < -0.4 is 5.32 Å². The molecule has 6 heteroatoms. The number of nitrogens with zero attached hydrogens (tertiary/aromatic N) is 2. The number of aliphatic hydroxyl groups is 1. The summed E-state index contributed by atoms with van der Waals surface area (Å²) in [6.07, 6.45) is 0. The van der Waals surface area contributed by atoms with E-state index in [-0.39, 0.29) is 6.54 Å². The number of nitrogens with one attached hydrogen (secondary N) is 1. The van der Waals surface area contributed by atoms with E-state index >= 15 is 0 Å². The topological polar surface area (TPSA) is 72.9 Å². The summed E-state index contributed by atoms with van der Waals surface area (Å²) in [4.78, 5) is 26.5. The normalized spacial score (nSPS) is 16.8. The van der Waals surface area contributed by atoms with Crippen molar-refractivity contribution in [3.8, 4) is 0 Å². The van der Waals surface area contributed by atoms with Crippen molar-refractivity contribution in [1.82, 2.24) is 15.1 Å². The van der Waals surface area contributed by atoms with Gasteiger partial charge in [0, 0.05) is 39.8 Å². The molecule has 1 rings (SSSR count). The van der Waals surface area contributed by atoms with Crippen molar-refractivity contribution in [2.24, 2.45) is 0 Å². The summed E-state index contributed by atoms with van der Waals surface area (Å²) in [5, 5.41) is 12.7. The second-order valence-electron chi connectivity index (χ2n) is 5.02. The standard InChI is InChI=1S/C11H21N3O3/c1-11(2,17)8-13(3)9(15)10(16)14-6-4-12-5-7-14/h12,17H,4-8H2,1-3H3. The first kappa shape index (κ1) is 13.9. The van der Waals surface area contributed by atoms with Gasteiger partial charge in [0.05, 0.1) is 5.60 Å². The van der Waals surface area contributed by atoms with Gasteiger partial charge in [-0.05, 0) is 13.8 Å². The predicted octanol–water partition coefficient (Wildman–Crippen LogP) is -1.35. The molecular formula is C11H21N3O3. The summed E-state index contributed by atoms with van der Waals surface area (Å²) in [6, 6.07) is 0. The van der Waals surface area contributed by atoms with E-state index in [9.17, 15) is 14.7 Å². The number of piperazine rings is 1. The highest BCUT2D eigenvalue weighted by molar-refractivity contribution is 6.34. The van der Waals surface area contributed by atoms with Gasteiger partial charge in [0.1, 0.15) is 0 Å². The monoisotopic (exact) mass is 243 g/mol. The number of carbonyl (C=O) groups is 2. The van der Waals surface area contributed by atoms with Crippen LogP contribution in [0, 0.1) is 0 Å². The van der Waals surface area contributed by atoms with Crippen LogP contribution in [0.5, 0.6) is 0 Å². The minimum Gasteiger partial charge on any atom is -0.389 e. The molecule has 2 N–H and O–H groups in total. The molecular weight excluding hydrogens is 222 g/mol. The Balaban J connectivity index is 2.53. The number of hydrogen-bond donors (Lipinski definition) is 2. The number of amides is 2. The Morgan fingerprint density at radius 3 is 2.35 bits per heavy atom. The molecule has 0 spiro atoms. The van der Waals surface area contributed by atoms with E-state index in [1.807, 2.05) is 0 Å². The van der Waals surface area contributed by atoms with Crippen LogP contribution in [0.3, 0.4) is 0 Å². The lowest BCUT2D eigenvalue weighted by atomic mass is 10.1. The molecule has 0 aromatic carbocycles. The number of carbonyl (C=O) groups excluding carboxylic acids is 2. The maximum absolute atomic E-state index is 11.9. The molecule has 17 heavy (non-hydrogen) atoms. The second kappa shape index (κ2) is 5.46. The van der Waals surface area contributed by atoms with Crippen molar-refractivity contribution in [2.45, 2.75) is 19.4 Å². The summed E-state index contributed by atoms with van der Waals surface area (Å²) >= 11 is 0. The minimum absolute atomic E-state index is 0.143. The fourth-order valence-corrected chi connectivity index (χ4v) is 1.82. The Bertz CT molecular complexity index is 293. The molecule has 1 fully saturated rings. The van der Waals surface area contributed by atoms with Gasteiger partial charge >= 0.3 is 11.8 Å². The van der Waals surface area contributed by atoms with Crippen molar-refractivity contribution in [2.75, 3.05) is 39.8 Å². The van der Waals surface area contributed by atoms with Crippen molar-refractivity contribution in [1.29, 1.82) is 0 Å². The average molecular weight is 243 g/mol. The van der Waals surface area contributed by atoms with Gasteiger partial charge in [0.15, 0.2) is 0 Å². The fraction of sp³-hybridized carbons (Fsp3) is 0.818. The predicted molar refractivity (Wildman–Crippen MR) is 63.4 cm³/mol. The van der Waals surface area contributed by atoms with E-state index in [2.05, 4.69) is 5.32 Å². The summed E-state index contributed by atoms with van der Waals surface area (Å²) in [7, 11) is 1.53. The first-order valence-electron chi connectivity index (χ1n) is 5.79. The highest BCUT2D eigenvalue weighted by Crippen LogP contribution is 2.05. The van der Waals surface area contributed by atoms with Crippen LogP contribution in [-0.4, -0.2) is 72.1 Å². The molecule has 0 unspecified atom stereocenters. The van der Waals surface area contributed by atoms with Gasteiger partial charge in [-0.3, -0.25) is 9.59 Å². The molecule has 0 radical (unpaired) electrons. The van der Waals surface area contributed by atoms with Crippen LogP contribution in [0.25, 0.3) is 0 Å². The number of likely N-dealkylation sites (N-methyl/N-ethyl adjacent to an activating group) is 1. The zero-order chi connectivity index (χ0) is 13.1. The Morgan fingerprint density at radius 2 is 1.88 bits per heavy atom. The molecule has 0 bridgehead atoms. The summed E-state index contributed by atoms with van der Waals surface area (Å²) < 4.78 is 0. The first-order valence-corrected chi connectivity index (χ1v) is 5.79. The van der Waals surface area contributed by atoms with Crippen LogP contribution in [-0.2, 0) is 9.59 Å². The quantitative estimate of drug-likeness (QED) is 0.588. The van der Waals surface area contributed by atoms with Crippen LogP contribution in [0.2, 0.25) is 0 Å². The molecule has 98 valence electrons. The molecule has 0 atom stereocenters. The average Bonchev–Trinajstić information content (AvgIpc) is 2.26. The fourth-order valence-electron chi connectivity index (χ4n) is 1.82. The minimum atomic E-state index is -0.992. The van der Waals surface area contributed by atoms with Gasteiger partial charge in [-0.15, -0.1) is 0 Å². The summed E-state index contributed by atoms with van der Waals surface area (Å²) in [6.45, 7) is 5.89. The summed E-state index contributed by atoms with van der Waals surface area (Å²) in [5.74, 6) is -1.05. The highest BCUT2D eigenvalue weighted by atomic mass is 16.3. The largest absolute Gasteiger partial charge is 0.389 e. The van der Waals surface area contributed by atoms with E-state index < -0.39 is 17.4 Å². The number of hydrogen-bond acceptors (Lipinski definition) is 4. The van der Waals surface area contributed by atoms with Crippen LogP contribution in [0.15, 0.2) is 0 Å². The third-order valence-corrected chi connectivity index (χ3v) is 2.56. The lowest BCUT2D eigenvalue weighted by molar-refractivity contribution is -0.152. The third kappa shape index (κ3) is 4.32. The summed E-state index contributed by atoms with van der Waals surface area (Å²) in [5.41, 5.74) is -0.992. The van der Waals surface area contributed by atoms with Crippen LogP contribution >= 0.6 is 0 Å². The Kier molecular flexibility index (Phi) is 4.47. The Labute approximate surface area is 102 Å². The van der Waals surface area contributed by atoms with E-state index in [4.69, 9.17) is 0 Å². The van der Waals surface area contributed by atoms with E-state index in [0.29, 0.717) is 26.2 Å². The van der Waals surface area contributed by atoms with Crippen molar-refractivity contribution >= 4 is 11.8 Å². The molecule has 0 aromatic rings. The molecule has 0 aromatic heterocycles. The first-order chi connectivity index (χ1) is 7.81. The smallest absolute Gasteiger partial charge is 0.312 e. The SMILES string of the molecule is CN(CC(C)(C)O)C(=O)C(=O)N1CCNCC1. The number of rotatable bonds is 2. The second-order valence-corrected chi connectivity index (χ2v) is 5.02. The Morgan fingerprint density at radius 1 is 1.35 bits per heavy atom. The van der Waals surface area contributed by atoms with Crippen molar-refractivity contribution in [3.63, 3.8) is 0 Å². The van der Waals surface area contributed by atoms with Gasteiger partial charge in [0.2, 0.25) is 0 Å². The molecule has 1 aliphatic heterocycles. The molecule has 0 saturated carbocycles. The lowest BCUT2D eigenvalue weighted by Crippen LogP contribution is -2.53. The molecule has 1 heterocycles. The highest BCUT2D eigenvalue weighted by Gasteiger charge is 2.28. The van der Waals surface area contributed by atoms with Gasteiger partial charge in [-0.25, -0.2) is 0 Å². The van der Waals surface area contributed by atoms with Crippen molar-refractivity contribution in [3.05, 3.63) is 0 Å². The zero-order valence-electron chi connectivity index (χ0n) is 10.7.